The summed E-state index contributed by atoms with van der Waals surface area (Å²) >= 11 is 0. The first-order chi connectivity index (χ1) is 16.9. The van der Waals surface area contributed by atoms with Gasteiger partial charge in [0, 0.05) is 24.1 Å². The summed E-state index contributed by atoms with van der Waals surface area (Å²) < 4.78 is 6.01. The number of hydrogen-bond donors (Lipinski definition) is 1. The van der Waals surface area contributed by atoms with Gasteiger partial charge < -0.3 is 15.0 Å². The van der Waals surface area contributed by atoms with Gasteiger partial charge in [-0.05, 0) is 55.7 Å². The molecule has 2 aliphatic heterocycles. The third-order valence-electron chi connectivity index (χ3n) is 6.65. The fourth-order valence-electron chi connectivity index (χ4n) is 5.13. The molecule has 5 rings (SSSR count). The Morgan fingerprint density at radius 3 is 2.31 bits per heavy atom. The van der Waals surface area contributed by atoms with E-state index in [0.717, 1.165) is 22.4 Å². The molecule has 176 valence electrons. The number of aryl methyl sites for hydroxylation is 2. The molecule has 3 aromatic rings. The van der Waals surface area contributed by atoms with Gasteiger partial charge in [0.1, 0.15) is 5.70 Å². The van der Waals surface area contributed by atoms with E-state index in [0.29, 0.717) is 23.2 Å². The van der Waals surface area contributed by atoms with Crippen LogP contribution in [0.3, 0.4) is 0 Å². The predicted octanol–water partition coefficient (Wildman–Crippen LogP) is 4.65. The summed E-state index contributed by atoms with van der Waals surface area (Å²) in [6.45, 7) is 6.29. The summed E-state index contributed by atoms with van der Waals surface area (Å²) in [4.78, 5) is 42.1. The lowest BCUT2D eigenvalue weighted by Crippen LogP contribution is -2.48. The first-order valence-corrected chi connectivity index (χ1v) is 11.7. The third-order valence-corrected chi connectivity index (χ3v) is 6.65. The zero-order chi connectivity index (χ0) is 24.7. The van der Waals surface area contributed by atoms with Crippen LogP contribution in [0, 0.1) is 13.8 Å². The smallest absolute Gasteiger partial charge is 0.356 e. The third kappa shape index (κ3) is 3.62. The van der Waals surface area contributed by atoms with Crippen molar-refractivity contribution in [3.05, 3.63) is 106 Å². The maximum Gasteiger partial charge on any atom is 0.356 e. The molecule has 6 nitrogen and oxygen atoms in total. The summed E-state index contributed by atoms with van der Waals surface area (Å²) in [5.41, 5.74) is 3.74. The summed E-state index contributed by atoms with van der Waals surface area (Å²) in [5.74, 6) is -1.41. The highest BCUT2D eigenvalue weighted by Crippen LogP contribution is 2.52. The van der Waals surface area contributed by atoms with Crippen LogP contribution in [0.2, 0.25) is 0 Å². The van der Waals surface area contributed by atoms with Crippen molar-refractivity contribution < 1.29 is 19.1 Å². The number of amides is 2. The van der Waals surface area contributed by atoms with Crippen LogP contribution in [-0.4, -0.2) is 24.3 Å². The van der Waals surface area contributed by atoms with Crippen molar-refractivity contribution >= 4 is 29.0 Å². The van der Waals surface area contributed by atoms with Gasteiger partial charge in [-0.2, -0.15) is 0 Å². The van der Waals surface area contributed by atoms with Crippen LogP contribution >= 0.6 is 0 Å². The Balaban J connectivity index is 1.67. The Morgan fingerprint density at radius 1 is 1.00 bits per heavy atom. The molecule has 1 spiro atoms. The van der Waals surface area contributed by atoms with Gasteiger partial charge in [-0.3, -0.25) is 9.59 Å². The lowest BCUT2D eigenvalue weighted by atomic mass is 9.81. The van der Waals surface area contributed by atoms with Gasteiger partial charge in [0.2, 0.25) is 5.60 Å². The minimum atomic E-state index is -1.48. The van der Waals surface area contributed by atoms with E-state index >= 15 is 0 Å². The minimum Gasteiger partial charge on any atom is -0.439 e. The number of carbonyl (C=O) groups is 3. The molecule has 0 saturated carbocycles. The fourth-order valence-corrected chi connectivity index (χ4v) is 5.13. The molecule has 0 aliphatic carbocycles. The Morgan fingerprint density at radius 2 is 1.66 bits per heavy atom. The lowest BCUT2D eigenvalue weighted by Gasteiger charge is -2.35. The summed E-state index contributed by atoms with van der Waals surface area (Å²) in [5, 5.41) is 2.77. The van der Waals surface area contributed by atoms with E-state index < -0.39 is 17.5 Å². The summed E-state index contributed by atoms with van der Waals surface area (Å²) in [7, 11) is 0. The van der Waals surface area contributed by atoms with Crippen LogP contribution in [0.15, 0.2) is 78.5 Å². The SMILES string of the molecule is CCN1C(=O)[C@@]2(CC(c3ccccc3)=C(NC(=O)c3ccccc3)C(=O)O2)c2cc(C)cc(C)c21. The number of likely N-dealkylation sites (N-methyl/N-ethyl adjacent to an activating group) is 1. The molecule has 0 fully saturated rings. The largest absolute Gasteiger partial charge is 0.439 e. The molecule has 0 radical (unpaired) electrons. The molecule has 6 heteroatoms. The molecule has 2 amide bonds. The van der Waals surface area contributed by atoms with E-state index in [-0.39, 0.29) is 18.0 Å². The molecule has 0 bridgehead atoms. The molecule has 0 saturated heterocycles. The number of carbonyl (C=O) groups excluding carboxylic acids is 3. The highest BCUT2D eigenvalue weighted by atomic mass is 16.6. The van der Waals surface area contributed by atoms with Crippen molar-refractivity contribution in [3.63, 3.8) is 0 Å². The monoisotopic (exact) mass is 466 g/mol. The predicted molar refractivity (Wildman–Crippen MR) is 134 cm³/mol. The average molecular weight is 467 g/mol. The van der Waals surface area contributed by atoms with E-state index in [1.54, 1.807) is 29.2 Å². The highest BCUT2D eigenvalue weighted by molar-refractivity contribution is 6.14. The van der Waals surface area contributed by atoms with E-state index in [9.17, 15) is 14.4 Å². The lowest BCUT2D eigenvalue weighted by molar-refractivity contribution is -0.165. The van der Waals surface area contributed by atoms with Crippen molar-refractivity contribution in [2.75, 3.05) is 11.4 Å². The van der Waals surface area contributed by atoms with Gasteiger partial charge >= 0.3 is 5.97 Å². The van der Waals surface area contributed by atoms with Gasteiger partial charge in [-0.15, -0.1) is 0 Å². The molecular weight excluding hydrogens is 440 g/mol. The number of rotatable bonds is 4. The minimum absolute atomic E-state index is 0.0596. The number of anilines is 1. The van der Waals surface area contributed by atoms with Crippen LogP contribution in [-0.2, 0) is 19.9 Å². The van der Waals surface area contributed by atoms with Crippen molar-refractivity contribution in [2.24, 2.45) is 0 Å². The molecule has 2 heterocycles. The Bertz CT molecular complexity index is 1380. The van der Waals surface area contributed by atoms with Gasteiger partial charge in [0.05, 0.1) is 5.69 Å². The number of benzene rings is 3. The number of ether oxygens (including phenoxy) is 1. The molecule has 1 atom stereocenters. The van der Waals surface area contributed by atoms with Gasteiger partial charge in [0.15, 0.2) is 0 Å². The summed E-state index contributed by atoms with van der Waals surface area (Å²) in [6.07, 6.45) is 0.123. The van der Waals surface area contributed by atoms with Crippen LogP contribution in [0.1, 0.15) is 46.0 Å². The second-order valence-electron chi connectivity index (χ2n) is 8.96. The van der Waals surface area contributed by atoms with Crippen molar-refractivity contribution in [1.29, 1.82) is 0 Å². The number of fused-ring (bicyclic) bond motifs is 2. The van der Waals surface area contributed by atoms with Gasteiger partial charge in [-0.1, -0.05) is 60.2 Å². The van der Waals surface area contributed by atoms with E-state index in [2.05, 4.69) is 5.32 Å². The maximum atomic E-state index is 13.8. The molecule has 0 aromatic heterocycles. The van der Waals surface area contributed by atoms with E-state index in [1.165, 1.54) is 0 Å². The maximum absolute atomic E-state index is 13.8. The van der Waals surface area contributed by atoms with Gasteiger partial charge in [-0.25, -0.2) is 4.79 Å². The Kier molecular flexibility index (Phi) is 5.52. The molecule has 0 unspecified atom stereocenters. The topological polar surface area (TPSA) is 75.7 Å². The zero-order valence-electron chi connectivity index (χ0n) is 19.9. The standard InChI is InChI=1S/C29H26N2O4/c1-4-31-25-19(3)15-18(2)16-23(25)29(28(31)34)17-22(20-11-7-5-8-12-20)24(27(33)35-29)30-26(32)21-13-9-6-10-14-21/h5-16H,4,17H2,1-3H3,(H,30,32)/t29-/m1/s1. The quantitative estimate of drug-likeness (QED) is 0.568. The second kappa shape index (κ2) is 8.55. The number of nitrogens with zero attached hydrogens (tertiary/aromatic N) is 1. The fraction of sp³-hybridized carbons (Fsp3) is 0.207. The number of esters is 1. The molecular formula is C29H26N2O4. The Hall–Kier alpha value is -4.19. The van der Waals surface area contributed by atoms with Crippen molar-refractivity contribution in [2.45, 2.75) is 32.8 Å². The molecule has 3 aromatic carbocycles. The summed E-state index contributed by atoms with van der Waals surface area (Å²) in [6, 6.07) is 22.0. The van der Waals surface area contributed by atoms with Crippen molar-refractivity contribution in [1.82, 2.24) is 5.32 Å². The average Bonchev–Trinajstić information content (AvgIpc) is 3.08. The van der Waals surface area contributed by atoms with Crippen LogP contribution < -0.4 is 10.2 Å². The number of nitrogens with one attached hydrogen (secondary N) is 1. The normalized spacial score (nSPS) is 19.1. The highest BCUT2D eigenvalue weighted by Gasteiger charge is 2.57. The van der Waals surface area contributed by atoms with Gasteiger partial charge in [0.25, 0.3) is 11.8 Å². The number of hydrogen-bond acceptors (Lipinski definition) is 4. The van der Waals surface area contributed by atoms with Crippen LogP contribution in [0.5, 0.6) is 0 Å². The van der Waals surface area contributed by atoms with E-state index in [1.807, 2.05) is 69.3 Å². The Labute approximate surface area is 204 Å². The first-order valence-electron chi connectivity index (χ1n) is 11.7. The zero-order valence-corrected chi connectivity index (χ0v) is 19.9. The molecule has 1 N–H and O–H groups in total. The molecule has 35 heavy (non-hydrogen) atoms. The van der Waals surface area contributed by atoms with Crippen LogP contribution in [0.4, 0.5) is 5.69 Å². The van der Waals surface area contributed by atoms with Crippen LogP contribution in [0.25, 0.3) is 5.57 Å². The van der Waals surface area contributed by atoms with E-state index in [4.69, 9.17) is 4.74 Å². The van der Waals surface area contributed by atoms with Crippen molar-refractivity contribution in [3.8, 4) is 0 Å². The first kappa shape index (κ1) is 22.6. The second-order valence-corrected chi connectivity index (χ2v) is 8.96. The molecule has 2 aliphatic rings.